The van der Waals surface area contributed by atoms with Gasteiger partial charge in [0.2, 0.25) is 0 Å². The molecule has 0 saturated carbocycles. The van der Waals surface area contributed by atoms with E-state index < -0.39 is 17.7 Å². The van der Waals surface area contributed by atoms with Crippen molar-refractivity contribution in [1.82, 2.24) is 9.80 Å². The maximum atomic E-state index is 13.0. The van der Waals surface area contributed by atoms with Crippen LogP contribution in [0.1, 0.15) is 23.1 Å². The lowest BCUT2D eigenvalue weighted by Gasteiger charge is -2.30. The van der Waals surface area contributed by atoms with E-state index in [9.17, 15) is 14.7 Å². The predicted molar refractivity (Wildman–Crippen MR) is 113 cm³/mol. The van der Waals surface area contributed by atoms with Crippen molar-refractivity contribution >= 4 is 17.4 Å². The zero-order valence-electron chi connectivity index (χ0n) is 17.7. The molecule has 8 heteroatoms. The van der Waals surface area contributed by atoms with Crippen molar-refractivity contribution in [2.75, 3.05) is 46.5 Å². The number of ketones is 1. The normalized spacial score (nSPS) is 21.6. The number of hydrogen-bond acceptors (Lipinski definition) is 7. The number of carbonyl (C=O) groups is 2. The molecular formula is C23H26N2O6. The largest absolute Gasteiger partial charge is 0.507 e. The fourth-order valence-electron chi connectivity index (χ4n) is 4.01. The van der Waals surface area contributed by atoms with E-state index in [2.05, 4.69) is 4.90 Å². The number of amides is 1. The Kier molecular flexibility index (Phi) is 6.11. The Balaban J connectivity index is 1.72. The molecule has 31 heavy (non-hydrogen) atoms. The number of carbonyl (C=O) groups excluding carboxylic acids is 2. The van der Waals surface area contributed by atoms with E-state index in [4.69, 9.17) is 13.9 Å². The van der Waals surface area contributed by atoms with Crippen LogP contribution in [0.5, 0.6) is 5.75 Å². The minimum atomic E-state index is -0.791. The van der Waals surface area contributed by atoms with Gasteiger partial charge in [-0.2, -0.15) is 0 Å². The molecule has 1 N–H and O–H groups in total. The van der Waals surface area contributed by atoms with Crippen LogP contribution >= 0.6 is 0 Å². The number of methoxy groups -OCH3 is 1. The molecule has 1 aromatic carbocycles. The standard InChI is InChI=1S/C23H26N2O6/c1-15-6-7-18(31-15)20-19(21(26)16-4-3-5-17(14-16)29-2)22(27)23(28)25(20)9-8-24-10-12-30-13-11-24/h3-7,14,20,26H,8-13H2,1-2H3/t20-/m1/s1. The highest BCUT2D eigenvalue weighted by Crippen LogP contribution is 2.40. The van der Waals surface area contributed by atoms with Crippen LogP contribution < -0.4 is 4.74 Å². The first kappa shape index (κ1) is 21.1. The zero-order chi connectivity index (χ0) is 22.0. The van der Waals surface area contributed by atoms with Crippen LogP contribution in [0.2, 0.25) is 0 Å². The summed E-state index contributed by atoms with van der Waals surface area (Å²) in [6, 6.07) is 9.49. The summed E-state index contributed by atoms with van der Waals surface area (Å²) in [5.41, 5.74) is 0.424. The Morgan fingerprint density at radius 2 is 1.94 bits per heavy atom. The van der Waals surface area contributed by atoms with Crippen LogP contribution in [0.3, 0.4) is 0 Å². The quantitative estimate of drug-likeness (QED) is 0.431. The van der Waals surface area contributed by atoms with Crippen molar-refractivity contribution in [3.05, 3.63) is 59.1 Å². The first-order chi connectivity index (χ1) is 15.0. The molecule has 2 saturated heterocycles. The van der Waals surface area contributed by atoms with E-state index in [0.29, 0.717) is 49.1 Å². The van der Waals surface area contributed by atoms with Crippen LogP contribution in [-0.2, 0) is 14.3 Å². The fourth-order valence-corrected chi connectivity index (χ4v) is 4.01. The van der Waals surface area contributed by atoms with Crippen LogP contribution in [0.15, 0.2) is 46.4 Å². The van der Waals surface area contributed by atoms with Crippen molar-refractivity contribution in [3.63, 3.8) is 0 Å². The lowest BCUT2D eigenvalue weighted by Crippen LogP contribution is -2.42. The number of ether oxygens (including phenoxy) is 2. The first-order valence-electron chi connectivity index (χ1n) is 10.3. The molecule has 1 amide bonds. The van der Waals surface area contributed by atoms with Gasteiger partial charge in [-0.05, 0) is 31.2 Å². The molecule has 2 aliphatic heterocycles. The topological polar surface area (TPSA) is 92.5 Å². The van der Waals surface area contributed by atoms with Gasteiger partial charge in [0.1, 0.15) is 29.1 Å². The molecule has 1 atom stereocenters. The summed E-state index contributed by atoms with van der Waals surface area (Å²) in [5, 5.41) is 11.1. The van der Waals surface area contributed by atoms with Crippen LogP contribution in [0.4, 0.5) is 0 Å². The van der Waals surface area contributed by atoms with E-state index in [1.54, 1.807) is 43.3 Å². The number of benzene rings is 1. The minimum Gasteiger partial charge on any atom is -0.507 e. The van der Waals surface area contributed by atoms with Gasteiger partial charge in [0.05, 0.1) is 25.9 Å². The third kappa shape index (κ3) is 4.22. The van der Waals surface area contributed by atoms with Crippen molar-refractivity contribution in [2.45, 2.75) is 13.0 Å². The number of likely N-dealkylation sites (tertiary alicyclic amines) is 1. The second-order valence-electron chi connectivity index (χ2n) is 7.63. The third-order valence-corrected chi connectivity index (χ3v) is 5.67. The minimum absolute atomic E-state index is 0.0228. The number of aliphatic hydroxyl groups is 1. The maximum Gasteiger partial charge on any atom is 0.295 e. The average Bonchev–Trinajstić information content (AvgIpc) is 3.33. The molecule has 0 radical (unpaired) electrons. The Morgan fingerprint density at radius 1 is 1.16 bits per heavy atom. The molecule has 1 aromatic heterocycles. The number of rotatable bonds is 6. The fraction of sp³-hybridized carbons (Fsp3) is 0.391. The number of aryl methyl sites for hydroxylation is 1. The second-order valence-corrected chi connectivity index (χ2v) is 7.63. The van der Waals surface area contributed by atoms with Gasteiger partial charge in [0.15, 0.2) is 0 Å². The molecule has 164 valence electrons. The van der Waals surface area contributed by atoms with Gasteiger partial charge < -0.3 is 23.9 Å². The van der Waals surface area contributed by atoms with E-state index >= 15 is 0 Å². The summed E-state index contributed by atoms with van der Waals surface area (Å²) in [6.45, 7) is 5.59. The van der Waals surface area contributed by atoms with Gasteiger partial charge >= 0.3 is 0 Å². The molecule has 4 rings (SSSR count). The average molecular weight is 426 g/mol. The van der Waals surface area contributed by atoms with Crippen molar-refractivity contribution in [1.29, 1.82) is 0 Å². The number of Topliss-reactive ketones (excluding diaryl/α,β-unsaturated/α-hetero) is 1. The number of morpholine rings is 1. The van der Waals surface area contributed by atoms with Crippen molar-refractivity contribution < 1.29 is 28.6 Å². The van der Waals surface area contributed by atoms with E-state index in [1.807, 2.05) is 0 Å². The van der Waals surface area contributed by atoms with Gasteiger partial charge in [-0.1, -0.05) is 12.1 Å². The Morgan fingerprint density at radius 3 is 2.61 bits per heavy atom. The Hall–Kier alpha value is -3.10. The van der Waals surface area contributed by atoms with E-state index in [1.165, 1.54) is 12.0 Å². The van der Waals surface area contributed by atoms with Crippen LogP contribution in [0, 0.1) is 6.92 Å². The highest BCUT2D eigenvalue weighted by atomic mass is 16.5. The maximum absolute atomic E-state index is 13.0. The molecule has 0 spiro atoms. The van der Waals surface area contributed by atoms with Gasteiger partial charge in [-0.25, -0.2) is 0 Å². The SMILES string of the molecule is COc1cccc(C(O)=C2C(=O)C(=O)N(CCN3CCOCC3)[C@@H]2c2ccc(C)o2)c1. The number of furan rings is 1. The summed E-state index contributed by atoms with van der Waals surface area (Å²) in [7, 11) is 1.52. The molecule has 3 heterocycles. The van der Waals surface area contributed by atoms with Crippen LogP contribution in [-0.4, -0.2) is 73.1 Å². The summed E-state index contributed by atoms with van der Waals surface area (Å²) in [6.07, 6.45) is 0. The smallest absolute Gasteiger partial charge is 0.295 e. The molecule has 0 unspecified atom stereocenters. The molecule has 2 fully saturated rings. The highest BCUT2D eigenvalue weighted by molar-refractivity contribution is 6.46. The number of aliphatic hydroxyl groups excluding tert-OH is 1. The Bertz CT molecular complexity index is 1010. The van der Waals surface area contributed by atoms with Crippen LogP contribution in [0.25, 0.3) is 5.76 Å². The summed E-state index contributed by atoms with van der Waals surface area (Å²) < 4.78 is 16.4. The number of hydrogen-bond donors (Lipinski definition) is 1. The predicted octanol–water partition coefficient (Wildman–Crippen LogP) is 2.35. The third-order valence-electron chi connectivity index (χ3n) is 5.67. The molecule has 2 aromatic rings. The van der Waals surface area contributed by atoms with Crippen molar-refractivity contribution in [3.8, 4) is 5.75 Å². The molecular weight excluding hydrogens is 400 g/mol. The molecule has 0 aliphatic carbocycles. The monoisotopic (exact) mass is 426 g/mol. The molecule has 8 nitrogen and oxygen atoms in total. The number of nitrogens with zero attached hydrogens (tertiary/aromatic N) is 2. The van der Waals surface area contributed by atoms with Gasteiger partial charge in [0.25, 0.3) is 11.7 Å². The second kappa shape index (κ2) is 8.95. The summed E-state index contributed by atoms with van der Waals surface area (Å²) in [5.74, 6) is 0.0394. The van der Waals surface area contributed by atoms with Gasteiger partial charge in [0, 0.05) is 31.7 Å². The lowest BCUT2D eigenvalue weighted by molar-refractivity contribution is -0.140. The van der Waals surface area contributed by atoms with E-state index in [-0.39, 0.29) is 11.3 Å². The summed E-state index contributed by atoms with van der Waals surface area (Å²) >= 11 is 0. The lowest BCUT2D eigenvalue weighted by atomic mass is 9.99. The first-order valence-corrected chi connectivity index (χ1v) is 10.3. The zero-order valence-corrected chi connectivity index (χ0v) is 17.7. The Labute approximate surface area is 180 Å². The van der Waals surface area contributed by atoms with E-state index in [0.717, 1.165) is 13.1 Å². The van der Waals surface area contributed by atoms with Crippen molar-refractivity contribution in [2.24, 2.45) is 0 Å². The summed E-state index contributed by atoms with van der Waals surface area (Å²) in [4.78, 5) is 29.6. The van der Waals surface area contributed by atoms with Gasteiger partial charge in [-0.3, -0.25) is 14.5 Å². The highest BCUT2D eigenvalue weighted by Gasteiger charge is 2.47. The van der Waals surface area contributed by atoms with Gasteiger partial charge in [-0.15, -0.1) is 0 Å². The molecule has 2 aliphatic rings. The molecule has 0 bridgehead atoms.